The Labute approximate surface area is 140 Å². The van der Waals surface area contributed by atoms with Gasteiger partial charge in [0.15, 0.2) is 0 Å². The second kappa shape index (κ2) is 7.10. The molecule has 2 N–H and O–H groups in total. The lowest BCUT2D eigenvalue weighted by Crippen LogP contribution is -2.46. The molecule has 2 aromatic rings. The normalized spacial score (nSPS) is 15.8. The Kier molecular flexibility index (Phi) is 4.93. The van der Waals surface area contributed by atoms with Crippen LogP contribution >= 0.6 is 11.3 Å². The van der Waals surface area contributed by atoms with E-state index in [9.17, 15) is 4.79 Å². The predicted molar refractivity (Wildman–Crippen MR) is 93.9 cm³/mol. The van der Waals surface area contributed by atoms with Crippen LogP contribution in [0.3, 0.4) is 0 Å². The van der Waals surface area contributed by atoms with E-state index in [1.54, 1.807) is 12.4 Å². The first-order valence-corrected chi connectivity index (χ1v) is 8.77. The smallest absolute Gasteiger partial charge is 0.252 e. The summed E-state index contributed by atoms with van der Waals surface area (Å²) in [6.07, 6.45) is 4.38. The number of nitrogens with zero attached hydrogens (tertiary/aromatic N) is 3. The number of hydrogen-bond acceptors (Lipinski definition) is 5. The third-order valence-corrected chi connectivity index (χ3v) is 5.44. The van der Waals surface area contributed by atoms with E-state index in [2.05, 4.69) is 33.8 Å². The number of amides is 1. The summed E-state index contributed by atoms with van der Waals surface area (Å²) in [4.78, 5) is 23.1. The topological polar surface area (TPSA) is 62.5 Å². The first-order chi connectivity index (χ1) is 11.2. The van der Waals surface area contributed by atoms with Crippen molar-refractivity contribution in [1.82, 2.24) is 9.88 Å². The van der Waals surface area contributed by atoms with Crippen molar-refractivity contribution in [2.75, 3.05) is 31.1 Å². The molecule has 0 bridgehead atoms. The van der Waals surface area contributed by atoms with Gasteiger partial charge < -0.3 is 10.6 Å². The highest BCUT2D eigenvalue weighted by Crippen LogP contribution is 2.23. The number of primary amides is 1. The van der Waals surface area contributed by atoms with Crippen LogP contribution in [0.5, 0.6) is 0 Å². The fourth-order valence-electron chi connectivity index (χ4n) is 2.92. The van der Waals surface area contributed by atoms with Gasteiger partial charge in [-0.3, -0.25) is 14.7 Å². The van der Waals surface area contributed by atoms with Gasteiger partial charge in [0, 0.05) is 54.9 Å². The second-order valence-electron chi connectivity index (χ2n) is 5.74. The molecule has 0 spiro atoms. The number of aryl methyl sites for hydroxylation is 1. The summed E-state index contributed by atoms with van der Waals surface area (Å²) in [5.41, 5.74) is 6.86. The minimum absolute atomic E-state index is 0.416. The number of carbonyl (C=O) groups excluding carboxylic acids is 1. The van der Waals surface area contributed by atoms with Crippen molar-refractivity contribution in [2.24, 2.45) is 5.73 Å². The van der Waals surface area contributed by atoms with Crippen molar-refractivity contribution in [3.05, 3.63) is 45.9 Å². The van der Waals surface area contributed by atoms with Crippen LogP contribution in [0.1, 0.15) is 27.0 Å². The van der Waals surface area contributed by atoms with Crippen LogP contribution in [0, 0.1) is 0 Å². The molecule has 23 heavy (non-hydrogen) atoms. The van der Waals surface area contributed by atoms with Gasteiger partial charge in [0.1, 0.15) is 0 Å². The number of anilines is 1. The Balaban J connectivity index is 1.61. The van der Waals surface area contributed by atoms with Crippen molar-refractivity contribution >= 4 is 22.9 Å². The monoisotopic (exact) mass is 330 g/mol. The Bertz CT molecular complexity index is 677. The number of piperazine rings is 1. The lowest BCUT2D eigenvalue weighted by Gasteiger charge is -2.36. The first-order valence-electron chi connectivity index (χ1n) is 7.96. The number of rotatable bonds is 5. The van der Waals surface area contributed by atoms with E-state index < -0.39 is 5.91 Å². The highest BCUT2D eigenvalue weighted by Gasteiger charge is 2.21. The lowest BCUT2D eigenvalue weighted by molar-refractivity contribution is 0.1000. The predicted octanol–water partition coefficient (Wildman–Crippen LogP) is 2.13. The molecule has 3 rings (SSSR count). The van der Waals surface area contributed by atoms with Crippen LogP contribution in [-0.4, -0.2) is 42.0 Å². The number of carbonyl (C=O) groups is 1. The van der Waals surface area contributed by atoms with Crippen molar-refractivity contribution in [2.45, 2.75) is 19.9 Å². The van der Waals surface area contributed by atoms with Gasteiger partial charge in [-0.15, -0.1) is 11.3 Å². The summed E-state index contributed by atoms with van der Waals surface area (Å²) in [6.45, 7) is 6.98. The number of aromatic nitrogens is 1. The van der Waals surface area contributed by atoms with Crippen molar-refractivity contribution in [3.63, 3.8) is 0 Å². The molecule has 1 fully saturated rings. The molecule has 3 heterocycles. The van der Waals surface area contributed by atoms with E-state index in [-0.39, 0.29) is 0 Å². The summed E-state index contributed by atoms with van der Waals surface area (Å²) in [5.74, 6) is -0.416. The van der Waals surface area contributed by atoms with Crippen LogP contribution in [0.15, 0.2) is 30.6 Å². The zero-order valence-corrected chi connectivity index (χ0v) is 14.2. The minimum Gasteiger partial charge on any atom is -0.368 e. The van der Waals surface area contributed by atoms with E-state index in [1.807, 2.05) is 17.4 Å². The van der Waals surface area contributed by atoms with E-state index in [0.717, 1.165) is 44.8 Å². The van der Waals surface area contributed by atoms with Crippen LogP contribution in [0.2, 0.25) is 0 Å². The van der Waals surface area contributed by atoms with Gasteiger partial charge in [0.05, 0.1) is 11.3 Å². The number of hydrogen-bond donors (Lipinski definition) is 1. The summed E-state index contributed by atoms with van der Waals surface area (Å²) in [5, 5.41) is 0. The Hall–Kier alpha value is -1.92. The summed E-state index contributed by atoms with van der Waals surface area (Å²) in [6, 6.07) is 6.35. The van der Waals surface area contributed by atoms with E-state index >= 15 is 0 Å². The van der Waals surface area contributed by atoms with Crippen LogP contribution in [-0.2, 0) is 13.0 Å². The fourth-order valence-corrected chi connectivity index (χ4v) is 3.92. The standard InChI is InChI=1S/C17H22N4OS/c1-2-13-3-4-14(23-13)12-20-7-9-21(10-8-20)16-5-6-19-11-15(16)17(18)22/h3-6,11H,2,7-10,12H2,1H3,(H2,18,22). The van der Waals surface area contributed by atoms with E-state index in [4.69, 9.17) is 5.73 Å². The summed E-state index contributed by atoms with van der Waals surface area (Å²) >= 11 is 1.91. The molecule has 0 aromatic carbocycles. The van der Waals surface area contributed by atoms with Crippen molar-refractivity contribution < 1.29 is 4.79 Å². The molecule has 1 amide bonds. The molecule has 0 atom stereocenters. The molecular weight excluding hydrogens is 308 g/mol. The van der Waals surface area contributed by atoms with Crippen molar-refractivity contribution in [3.8, 4) is 0 Å². The number of thiophene rings is 1. The average molecular weight is 330 g/mol. The van der Waals surface area contributed by atoms with Gasteiger partial charge in [0.25, 0.3) is 5.91 Å². The van der Waals surface area contributed by atoms with Crippen molar-refractivity contribution in [1.29, 1.82) is 0 Å². The largest absolute Gasteiger partial charge is 0.368 e. The third kappa shape index (κ3) is 3.71. The van der Waals surface area contributed by atoms with Gasteiger partial charge in [-0.25, -0.2) is 0 Å². The Morgan fingerprint density at radius 1 is 1.22 bits per heavy atom. The molecule has 0 unspecified atom stereocenters. The molecular formula is C17H22N4OS. The first kappa shape index (κ1) is 16.0. The Morgan fingerprint density at radius 2 is 1.96 bits per heavy atom. The van der Waals surface area contributed by atoms with Crippen LogP contribution in [0.4, 0.5) is 5.69 Å². The second-order valence-corrected chi connectivity index (χ2v) is 6.99. The van der Waals surface area contributed by atoms with Gasteiger partial charge in [0.2, 0.25) is 0 Å². The summed E-state index contributed by atoms with van der Waals surface area (Å²) < 4.78 is 0. The quantitative estimate of drug-likeness (QED) is 0.912. The fraction of sp³-hybridized carbons (Fsp3) is 0.412. The highest BCUT2D eigenvalue weighted by molar-refractivity contribution is 7.11. The third-order valence-electron chi connectivity index (χ3n) is 4.22. The zero-order chi connectivity index (χ0) is 16.2. The molecule has 0 saturated carbocycles. The molecule has 1 aliphatic rings. The van der Waals surface area contributed by atoms with Crippen LogP contribution < -0.4 is 10.6 Å². The average Bonchev–Trinajstić information content (AvgIpc) is 3.03. The molecule has 0 aliphatic carbocycles. The van der Waals surface area contributed by atoms with Crippen LogP contribution in [0.25, 0.3) is 0 Å². The molecule has 0 radical (unpaired) electrons. The maximum absolute atomic E-state index is 11.5. The highest BCUT2D eigenvalue weighted by atomic mass is 32.1. The zero-order valence-electron chi connectivity index (χ0n) is 13.4. The lowest BCUT2D eigenvalue weighted by atomic mass is 10.2. The molecule has 1 saturated heterocycles. The maximum Gasteiger partial charge on any atom is 0.252 e. The summed E-state index contributed by atoms with van der Waals surface area (Å²) in [7, 11) is 0. The van der Waals surface area contributed by atoms with E-state index in [1.165, 1.54) is 9.75 Å². The minimum atomic E-state index is -0.416. The van der Waals surface area contributed by atoms with Gasteiger partial charge in [-0.05, 0) is 24.6 Å². The Morgan fingerprint density at radius 3 is 2.61 bits per heavy atom. The SMILES string of the molecule is CCc1ccc(CN2CCN(c3ccncc3C(N)=O)CC2)s1. The number of nitrogens with two attached hydrogens (primary N) is 1. The maximum atomic E-state index is 11.5. The number of pyridine rings is 1. The van der Waals surface area contributed by atoms with Gasteiger partial charge in [-0.2, -0.15) is 0 Å². The molecule has 1 aliphatic heterocycles. The van der Waals surface area contributed by atoms with E-state index in [0.29, 0.717) is 5.56 Å². The molecule has 5 nitrogen and oxygen atoms in total. The molecule has 122 valence electrons. The van der Waals surface area contributed by atoms with Gasteiger partial charge >= 0.3 is 0 Å². The molecule has 6 heteroatoms. The molecule has 2 aromatic heterocycles. The van der Waals surface area contributed by atoms with Gasteiger partial charge in [-0.1, -0.05) is 6.92 Å².